The van der Waals surface area contributed by atoms with Crippen LogP contribution in [0, 0.1) is 6.92 Å². The van der Waals surface area contributed by atoms with E-state index in [1.807, 2.05) is 31.2 Å². The molecule has 0 unspecified atom stereocenters. The monoisotopic (exact) mass is 278 g/mol. The number of rotatable bonds is 2. The fourth-order valence-corrected chi connectivity index (χ4v) is 2.33. The minimum atomic E-state index is -0.269. The molecule has 0 radical (unpaired) electrons. The van der Waals surface area contributed by atoms with Gasteiger partial charge in [-0.05, 0) is 30.7 Å². The molecule has 0 aliphatic rings. The van der Waals surface area contributed by atoms with Crippen molar-refractivity contribution in [1.82, 2.24) is 4.98 Å². The van der Waals surface area contributed by atoms with Crippen molar-refractivity contribution in [3.63, 3.8) is 0 Å². The second-order valence-electron chi connectivity index (χ2n) is 4.80. The quantitative estimate of drug-likeness (QED) is 0.705. The van der Waals surface area contributed by atoms with Gasteiger partial charge in [0.05, 0.1) is 5.69 Å². The Kier molecular flexibility index (Phi) is 3.28. The van der Waals surface area contributed by atoms with E-state index < -0.39 is 0 Å². The van der Waals surface area contributed by atoms with Crippen LogP contribution < -0.4 is 5.32 Å². The molecule has 2 N–H and O–H groups in total. The SMILES string of the molecule is Cc1cc(O)c2ccccc2c1NC(=O)c1ccccn1. The van der Waals surface area contributed by atoms with Crippen molar-refractivity contribution < 1.29 is 9.90 Å². The van der Waals surface area contributed by atoms with Gasteiger partial charge in [-0.2, -0.15) is 0 Å². The predicted octanol–water partition coefficient (Wildman–Crippen LogP) is 3.50. The van der Waals surface area contributed by atoms with Gasteiger partial charge < -0.3 is 10.4 Å². The average molecular weight is 278 g/mol. The molecule has 0 saturated carbocycles. The Balaban J connectivity index is 2.07. The van der Waals surface area contributed by atoms with Crippen molar-refractivity contribution in [3.8, 4) is 5.75 Å². The first-order valence-electron chi connectivity index (χ1n) is 6.60. The summed E-state index contributed by atoms with van der Waals surface area (Å²) in [6.07, 6.45) is 1.58. The number of nitrogens with one attached hydrogen (secondary N) is 1. The molecule has 104 valence electrons. The van der Waals surface area contributed by atoms with Gasteiger partial charge in [0.15, 0.2) is 0 Å². The van der Waals surface area contributed by atoms with E-state index in [4.69, 9.17) is 0 Å². The summed E-state index contributed by atoms with van der Waals surface area (Å²) in [5.74, 6) is -0.0616. The summed E-state index contributed by atoms with van der Waals surface area (Å²) >= 11 is 0. The zero-order valence-corrected chi connectivity index (χ0v) is 11.5. The molecule has 1 heterocycles. The Morgan fingerprint density at radius 2 is 1.81 bits per heavy atom. The van der Waals surface area contributed by atoms with Crippen LogP contribution in [0.25, 0.3) is 10.8 Å². The maximum Gasteiger partial charge on any atom is 0.274 e. The number of phenolic OH excluding ortho intramolecular Hbond substituents is 1. The summed E-state index contributed by atoms with van der Waals surface area (Å²) in [4.78, 5) is 16.3. The number of benzene rings is 2. The lowest BCUT2D eigenvalue weighted by Gasteiger charge is -2.13. The molecule has 3 rings (SSSR count). The van der Waals surface area contributed by atoms with E-state index in [9.17, 15) is 9.90 Å². The van der Waals surface area contributed by atoms with Crippen molar-refractivity contribution in [2.45, 2.75) is 6.92 Å². The fourth-order valence-electron chi connectivity index (χ4n) is 2.33. The van der Waals surface area contributed by atoms with Crippen LogP contribution in [0.3, 0.4) is 0 Å². The number of phenols is 1. The molecular weight excluding hydrogens is 264 g/mol. The van der Waals surface area contributed by atoms with E-state index in [2.05, 4.69) is 10.3 Å². The van der Waals surface area contributed by atoms with Crippen LogP contribution in [-0.4, -0.2) is 16.0 Å². The van der Waals surface area contributed by atoms with Crippen molar-refractivity contribution >= 4 is 22.4 Å². The van der Waals surface area contributed by atoms with E-state index in [-0.39, 0.29) is 11.7 Å². The van der Waals surface area contributed by atoms with E-state index in [1.165, 1.54) is 0 Å². The van der Waals surface area contributed by atoms with Gasteiger partial charge in [-0.3, -0.25) is 9.78 Å². The van der Waals surface area contributed by atoms with E-state index >= 15 is 0 Å². The third-order valence-electron chi connectivity index (χ3n) is 3.36. The first-order valence-corrected chi connectivity index (χ1v) is 6.60. The molecule has 4 nitrogen and oxygen atoms in total. The number of pyridine rings is 1. The molecular formula is C17H14N2O2. The minimum Gasteiger partial charge on any atom is -0.507 e. The van der Waals surface area contributed by atoms with Crippen molar-refractivity contribution in [2.75, 3.05) is 5.32 Å². The maximum absolute atomic E-state index is 12.3. The van der Waals surface area contributed by atoms with Gasteiger partial charge in [-0.1, -0.05) is 30.3 Å². The number of aromatic hydroxyl groups is 1. The molecule has 0 spiro atoms. The van der Waals surface area contributed by atoms with E-state index in [0.29, 0.717) is 16.8 Å². The van der Waals surface area contributed by atoms with Gasteiger partial charge in [-0.15, -0.1) is 0 Å². The highest BCUT2D eigenvalue weighted by molar-refractivity contribution is 6.10. The van der Waals surface area contributed by atoms with Crippen LogP contribution in [-0.2, 0) is 0 Å². The van der Waals surface area contributed by atoms with Crippen LogP contribution >= 0.6 is 0 Å². The molecule has 4 heteroatoms. The third kappa shape index (κ3) is 2.43. The molecule has 2 aromatic carbocycles. The van der Waals surface area contributed by atoms with Crippen molar-refractivity contribution in [3.05, 3.63) is 66.0 Å². The zero-order chi connectivity index (χ0) is 14.8. The number of hydrogen-bond acceptors (Lipinski definition) is 3. The summed E-state index contributed by atoms with van der Waals surface area (Å²) < 4.78 is 0. The molecule has 1 amide bonds. The first kappa shape index (κ1) is 13.1. The van der Waals surface area contributed by atoms with Crippen molar-refractivity contribution in [1.29, 1.82) is 0 Å². The number of nitrogens with zero attached hydrogens (tertiary/aromatic N) is 1. The zero-order valence-electron chi connectivity index (χ0n) is 11.5. The van der Waals surface area contributed by atoms with Crippen LogP contribution in [0.5, 0.6) is 5.75 Å². The fraction of sp³-hybridized carbons (Fsp3) is 0.0588. The third-order valence-corrected chi connectivity index (χ3v) is 3.36. The normalized spacial score (nSPS) is 10.5. The van der Waals surface area contributed by atoms with E-state index in [0.717, 1.165) is 10.9 Å². The summed E-state index contributed by atoms with van der Waals surface area (Å²) in [6, 6.07) is 14.3. The second-order valence-corrected chi connectivity index (χ2v) is 4.80. The molecule has 0 saturated heterocycles. The number of carbonyl (C=O) groups excluding carboxylic acids is 1. The minimum absolute atomic E-state index is 0.207. The van der Waals surface area contributed by atoms with Gasteiger partial charge in [0.2, 0.25) is 0 Å². The molecule has 21 heavy (non-hydrogen) atoms. The number of aryl methyl sites for hydroxylation is 1. The molecule has 0 aliphatic heterocycles. The van der Waals surface area contributed by atoms with Crippen LogP contribution in [0.15, 0.2) is 54.7 Å². The number of carbonyl (C=O) groups is 1. The number of hydrogen-bond donors (Lipinski definition) is 2. The second kappa shape index (κ2) is 5.25. The molecule has 3 aromatic rings. The number of anilines is 1. The largest absolute Gasteiger partial charge is 0.507 e. The van der Waals surface area contributed by atoms with Gasteiger partial charge in [0.25, 0.3) is 5.91 Å². The average Bonchev–Trinajstić information content (AvgIpc) is 2.52. The molecule has 0 atom stereocenters. The first-order chi connectivity index (χ1) is 10.2. The highest BCUT2D eigenvalue weighted by atomic mass is 16.3. The number of aromatic nitrogens is 1. The Morgan fingerprint density at radius 3 is 2.52 bits per heavy atom. The van der Waals surface area contributed by atoms with Crippen molar-refractivity contribution in [2.24, 2.45) is 0 Å². The molecule has 0 bridgehead atoms. The molecule has 1 aromatic heterocycles. The van der Waals surface area contributed by atoms with Gasteiger partial charge in [0.1, 0.15) is 11.4 Å². The standard InChI is InChI=1S/C17H14N2O2/c1-11-10-15(20)12-6-2-3-7-13(12)16(11)19-17(21)14-8-4-5-9-18-14/h2-10,20H,1H3,(H,19,21). The summed E-state index contributed by atoms with van der Waals surface area (Å²) in [5.41, 5.74) is 1.85. The maximum atomic E-state index is 12.3. The van der Waals surface area contributed by atoms with Gasteiger partial charge in [-0.25, -0.2) is 0 Å². The smallest absolute Gasteiger partial charge is 0.274 e. The Morgan fingerprint density at radius 1 is 1.10 bits per heavy atom. The van der Waals surface area contributed by atoms with E-state index in [1.54, 1.807) is 30.5 Å². The summed E-state index contributed by atoms with van der Waals surface area (Å²) in [5, 5.41) is 14.4. The lowest BCUT2D eigenvalue weighted by molar-refractivity contribution is 0.102. The van der Waals surface area contributed by atoms with Crippen LogP contribution in [0.2, 0.25) is 0 Å². The van der Waals surface area contributed by atoms with Gasteiger partial charge in [0, 0.05) is 17.0 Å². The lowest BCUT2D eigenvalue weighted by Crippen LogP contribution is -2.14. The lowest BCUT2D eigenvalue weighted by atomic mass is 10.0. The Hall–Kier alpha value is -2.88. The highest BCUT2D eigenvalue weighted by Crippen LogP contribution is 2.34. The Bertz CT molecular complexity index is 814. The van der Waals surface area contributed by atoms with Crippen LogP contribution in [0.4, 0.5) is 5.69 Å². The topological polar surface area (TPSA) is 62.2 Å². The highest BCUT2D eigenvalue weighted by Gasteiger charge is 2.13. The van der Waals surface area contributed by atoms with Gasteiger partial charge >= 0.3 is 0 Å². The molecule has 0 fully saturated rings. The molecule has 0 aliphatic carbocycles. The predicted molar refractivity (Wildman–Crippen MR) is 82.5 cm³/mol. The summed E-state index contributed by atoms with van der Waals surface area (Å²) in [7, 11) is 0. The number of fused-ring (bicyclic) bond motifs is 1. The Labute approximate surface area is 122 Å². The summed E-state index contributed by atoms with van der Waals surface area (Å²) in [6.45, 7) is 1.85. The van der Waals surface area contributed by atoms with Crippen LogP contribution in [0.1, 0.15) is 16.1 Å². The number of amides is 1.